The van der Waals surface area contributed by atoms with Gasteiger partial charge in [0.2, 0.25) is 0 Å². The molecule has 7 nitrogen and oxygen atoms in total. The van der Waals surface area contributed by atoms with Crippen LogP contribution in [0.4, 0.5) is 0 Å². The lowest BCUT2D eigenvalue weighted by Crippen LogP contribution is -2.40. The standard InChI is InChI=1S/C13H24BNO6S/c1-22(18,19)21-12-6-15(14)11(13(12)17)8-20-10-4-2-9(7-16)3-5-10/h7,9-13,17H,2-6,8,14H2,1H3/t9-,10-,11-,12+,13-/m1/s1. The molecular formula is C13H24BNO6S. The van der Waals surface area contributed by atoms with E-state index in [1.165, 1.54) is 0 Å². The van der Waals surface area contributed by atoms with E-state index in [9.17, 15) is 18.3 Å². The smallest absolute Gasteiger partial charge is 0.264 e. The van der Waals surface area contributed by atoms with Gasteiger partial charge in [-0.3, -0.25) is 4.18 Å². The second kappa shape index (κ2) is 7.40. The van der Waals surface area contributed by atoms with E-state index in [0.717, 1.165) is 38.2 Å². The summed E-state index contributed by atoms with van der Waals surface area (Å²) in [5.41, 5.74) is 0. The normalized spacial score (nSPS) is 37.3. The summed E-state index contributed by atoms with van der Waals surface area (Å²) < 4.78 is 33.2. The van der Waals surface area contributed by atoms with E-state index < -0.39 is 22.3 Å². The molecule has 0 aromatic heterocycles. The topological polar surface area (TPSA) is 93.1 Å². The Morgan fingerprint density at radius 3 is 2.50 bits per heavy atom. The molecule has 1 aliphatic carbocycles. The van der Waals surface area contributed by atoms with Crippen LogP contribution in [0.3, 0.4) is 0 Å². The first-order valence-electron chi connectivity index (χ1n) is 7.63. The highest BCUT2D eigenvalue weighted by Crippen LogP contribution is 2.26. The van der Waals surface area contributed by atoms with Crippen LogP contribution in [0.15, 0.2) is 0 Å². The third-order valence-electron chi connectivity index (χ3n) is 4.52. The molecule has 0 aromatic carbocycles. The fourth-order valence-corrected chi connectivity index (χ4v) is 3.82. The Balaban J connectivity index is 1.81. The lowest BCUT2D eigenvalue weighted by Gasteiger charge is -2.29. The highest BCUT2D eigenvalue weighted by Gasteiger charge is 2.41. The lowest BCUT2D eigenvalue weighted by atomic mass is 9.88. The number of aliphatic hydroxyl groups is 1. The van der Waals surface area contributed by atoms with Crippen molar-refractivity contribution in [1.29, 1.82) is 0 Å². The maximum atomic E-state index is 11.2. The van der Waals surface area contributed by atoms with Gasteiger partial charge < -0.3 is 19.4 Å². The zero-order chi connectivity index (χ0) is 16.3. The summed E-state index contributed by atoms with van der Waals surface area (Å²) in [6, 6.07) is -0.282. The highest BCUT2D eigenvalue weighted by molar-refractivity contribution is 7.86. The maximum Gasteiger partial charge on any atom is 0.264 e. The molecule has 1 aliphatic heterocycles. The second-order valence-electron chi connectivity index (χ2n) is 6.34. The minimum absolute atomic E-state index is 0.103. The molecule has 9 heteroatoms. The van der Waals surface area contributed by atoms with Crippen LogP contribution >= 0.6 is 0 Å². The van der Waals surface area contributed by atoms with Gasteiger partial charge in [-0.05, 0) is 25.7 Å². The van der Waals surface area contributed by atoms with E-state index in [4.69, 9.17) is 8.92 Å². The number of ether oxygens (including phenoxy) is 1. The molecule has 1 N–H and O–H groups in total. The highest BCUT2D eigenvalue weighted by atomic mass is 32.2. The first-order valence-corrected chi connectivity index (χ1v) is 9.45. The van der Waals surface area contributed by atoms with Crippen LogP contribution in [0.2, 0.25) is 0 Å². The fraction of sp³-hybridized carbons (Fsp3) is 0.923. The van der Waals surface area contributed by atoms with Crippen LogP contribution < -0.4 is 0 Å². The molecule has 1 saturated carbocycles. The van der Waals surface area contributed by atoms with Crippen molar-refractivity contribution in [3.05, 3.63) is 0 Å². The molecular weight excluding hydrogens is 309 g/mol. The van der Waals surface area contributed by atoms with Crippen molar-refractivity contribution in [1.82, 2.24) is 4.81 Å². The van der Waals surface area contributed by atoms with Crippen molar-refractivity contribution in [2.24, 2.45) is 5.92 Å². The summed E-state index contributed by atoms with van der Waals surface area (Å²) in [4.78, 5) is 12.6. The minimum Gasteiger partial charge on any atom is -0.389 e. The fourth-order valence-electron chi connectivity index (χ4n) is 3.20. The third kappa shape index (κ3) is 4.76. The third-order valence-corrected chi connectivity index (χ3v) is 5.12. The van der Waals surface area contributed by atoms with Gasteiger partial charge in [0.25, 0.3) is 10.1 Å². The van der Waals surface area contributed by atoms with Crippen molar-refractivity contribution in [3.8, 4) is 0 Å². The molecule has 1 heterocycles. The number of rotatable bonds is 6. The van der Waals surface area contributed by atoms with Crippen LogP contribution in [-0.2, 0) is 23.8 Å². The number of carbonyl (C=O) groups is 1. The Hall–Kier alpha value is -0.475. The first-order chi connectivity index (χ1) is 10.3. The number of aliphatic hydroxyl groups excluding tert-OH is 1. The predicted octanol–water partition coefficient (Wildman–Crippen LogP) is -1.30. The van der Waals surface area contributed by atoms with Gasteiger partial charge in [0.15, 0.2) is 7.98 Å². The number of hydrogen-bond donors (Lipinski definition) is 1. The van der Waals surface area contributed by atoms with Crippen molar-refractivity contribution in [3.63, 3.8) is 0 Å². The Bertz CT molecular complexity index is 479. The Kier molecular flexibility index (Phi) is 6.01. The molecule has 0 unspecified atom stereocenters. The van der Waals surface area contributed by atoms with Crippen LogP contribution in [0.5, 0.6) is 0 Å². The van der Waals surface area contributed by atoms with E-state index in [1.807, 2.05) is 12.8 Å². The van der Waals surface area contributed by atoms with Crippen molar-refractivity contribution in [2.75, 3.05) is 19.4 Å². The average Bonchev–Trinajstić information content (AvgIpc) is 2.70. The van der Waals surface area contributed by atoms with Gasteiger partial charge in [-0.1, -0.05) is 0 Å². The Morgan fingerprint density at radius 2 is 1.95 bits per heavy atom. The van der Waals surface area contributed by atoms with Crippen LogP contribution in [0.25, 0.3) is 0 Å². The summed E-state index contributed by atoms with van der Waals surface area (Å²) in [5, 5.41) is 10.2. The molecule has 3 atom stereocenters. The molecule has 0 aromatic rings. The predicted molar refractivity (Wildman–Crippen MR) is 82.5 cm³/mol. The lowest BCUT2D eigenvalue weighted by molar-refractivity contribution is -0.113. The number of nitrogens with zero attached hydrogens (tertiary/aromatic N) is 1. The second-order valence-corrected chi connectivity index (χ2v) is 7.94. The number of carbonyl (C=O) groups excluding carboxylic acids is 1. The maximum absolute atomic E-state index is 11.2. The zero-order valence-electron chi connectivity index (χ0n) is 13.1. The van der Waals surface area contributed by atoms with Gasteiger partial charge >= 0.3 is 0 Å². The molecule has 2 rings (SSSR count). The van der Waals surface area contributed by atoms with Crippen molar-refractivity contribution < 1.29 is 27.2 Å². The van der Waals surface area contributed by atoms with Crippen LogP contribution in [0.1, 0.15) is 25.7 Å². The summed E-state index contributed by atoms with van der Waals surface area (Å²) in [5.74, 6) is 0.145. The van der Waals surface area contributed by atoms with Gasteiger partial charge in [-0.2, -0.15) is 8.42 Å². The molecule has 126 valence electrons. The number of hydrogen-bond acceptors (Lipinski definition) is 7. The van der Waals surface area contributed by atoms with Gasteiger partial charge in [-0.25, -0.2) is 0 Å². The molecule has 0 bridgehead atoms. The SMILES string of the molecule is BN1C[C@H](OS(C)(=O)=O)[C@H](O)[C@H]1CO[C@H]1CC[C@H](C=O)CC1. The molecule has 1 saturated heterocycles. The van der Waals surface area contributed by atoms with Crippen LogP contribution in [-0.4, -0.2) is 76.4 Å². The summed E-state index contributed by atoms with van der Waals surface area (Å²) in [7, 11) is -1.78. The molecule has 0 spiro atoms. The van der Waals surface area contributed by atoms with E-state index in [2.05, 4.69) is 0 Å². The molecule has 22 heavy (non-hydrogen) atoms. The molecule has 0 radical (unpaired) electrons. The number of aldehydes is 1. The van der Waals surface area contributed by atoms with Crippen molar-refractivity contribution >= 4 is 24.4 Å². The quantitative estimate of drug-likeness (QED) is 0.367. The van der Waals surface area contributed by atoms with Gasteiger partial charge in [-0.15, -0.1) is 0 Å². The van der Waals surface area contributed by atoms with E-state index in [-0.39, 0.29) is 18.1 Å². The van der Waals surface area contributed by atoms with E-state index >= 15 is 0 Å². The molecule has 0 amide bonds. The largest absolute Gasteiger partial charge is 0.389 e. The average molecular weight is 333 g/mol. The Labute approximate surface area is 132 Å². The van der Waals surface area contributed by atoms with Gasteiger partial charge in [0.05, 0.1) is 31.1 Å². The summed E-state index contributed by atoms with van der Waals surface area (Å²) >= 11 is 0. The van der Waals surface area contributed by atoms with Gasteiger partial charge in [0.1, 0.15) is 12.4 Å². The molecule has 2 fully saturated rings. The zero-order valence-corrected chi connectivity index (χ0v) is 13.9. The Morgan fingerprint density at radius 1 is 1.32 bits per heavy atom. The molecule has 2 aliphatic rings. The monoisotopic (exact) mass is 333 g/mol. The summed E-state index contributed by atoms with van der Waals surface area (Å²) in [6.07, 6.45) is 3.83. The van der Waals surface area contributed by atoms with E-state index in [1.54, 1.807) is 0 Å². The van der Waals surface area contributed by atoms with Crippen molar-refractivity contribution in [2.45, 2.75) is 50.0 Å². The van der Waals surface area contributed by atoms with Gasteiger partial charge in [0, 0.05) is 12.5 Å². The van der Waals surface area contributed by atoms with Crippen LogP contribution in [0, 0.1) is 5.92 Å². The first kappa shape index (κ1) is 17.9. The van der Waals surface area contributed by atoms with E-state index in [0.29, 0.717) is 13.2 Å². The minimum atomic E-state index is -3.59. The summed E-state index contributed by atoms with van der Waals surface area (Å²) in [6.45, 7) is 0.678.